The van der Waals surface area contributed by atoms with Gasteiger partial charge in [0.15, 0.2) is 11.5 Å². The molecule has 2 N–H and O–H groups in total. The number of hydrazine groups is 1. The largest absolute Gasteiger partial charge is 0.490 e. The molecule has 0 radical (unpaired) electrons. The van der Waals surface area contributed by atoms with Crippen LogP contribution in [0.4, 0.5) is 5.69 Å². The van der Waals surface area contributed by atoms with Gasteiger partial charge >= 0.3 is 0 Å². The molecule has 0 saturated heterocycles. The molecule has 0 spiro atoms. The fraction of sp³-hybridized carbons (Fsp3) is 0.182. The van der Waals surface area contributed by atoms with Crippen LogP contribution < -0.4 is 20.3 Å². The molecule has 0 unspecified atom stereocenters. The second kappa shape index (κ2) is 10.2. The van der Waals surface area contributed by atoms with Crippen molar-refractivity contribution in [3.8, 4) is 11.5 Å². The summed E-state index contributed by atoms with van der Waals surface area (Å²) in [4.78, 5) is 0. The van der Waals surface area contributed by atoms with Crippen LogP contribution in [0.3, 0.4) is 0 Å². The number of halogens is 2. The SMILES string of the molecule is CCOc1cc(CNNc2ccccc2)ccc1OCc1ccc(Cl)c(Cl)c1. The molecule has 4 nitrogen and oxygen atoms in total. The number of rotatable bonds is 9. The zero-order valence-corrected chi connectivity index (χ0v) is 17.1. The Morgan fingerprint density at radius 2 is 1.57 bits per heavy atom. The molecule has 3 aromatic carbocycles. The van der Waals surface area contributed by atoms with Gasteiger partial charge < -0.3 is 14.9 Å². The molecule has 0 aliphatic carbocycles. The number of nitrogens with one attached hydrogen (secondary N) is 2. The Morgan fingerprint density at radius 1 is 0.786 bits per heavy atom. The first-order valence-corrected chi connectivity index (χ1v) is 9.77. The molecular weight excluding hydrogens is 395 g/mol. The number of anilines is 1. The lowest BCUT2D eigenvalue weighted by Gasteiger charge is -2.14. The predicted molar refractivity (Wildman–Crippen MR) is 115 cm³/mol. The number of ether oxygens (including phenoxy) is 2. The van der Waals surface area contributed by atoms with Crippen LogP contribution >= 0.6 is 23.2 Å². The number of benzene rings is 3. The third-order valence-electron chi connectivity index (χ3n) is 3.99. The molecule has 0 aromatic heterocycles. The van der Waals surface area contributed by atoms with E-state index in [1.807, 2.05) is 61.5 Å². The molecule has 0 amide bonds. The third kappa shape index (κ3) is 5.80. The van der Waals surface area contributed by atoms with E-state index in [1.54, 1.807) is 12.1 Å². The molecule has 3 rings (SSSR count). The van der Waals surface area contributed by atoms with E-state index in [9.17, 15) is 0 Å². The average Bonchev–Trinajstić information content (AvgIpc) is 2.71. The molecule has 0 heterocycles. The molecule has 0 bridgehead atoms. The highest BCUT2D eigenvalue weighted by Crippen LogP contribution is 2.30. The zero-order chi connectivity index (χ0) is 19.8. The lowest BCUT2D eigenvalue weighted by Crippen LogP contribution is -2.20. The highest BCUT2D eigenvalue weighted by molar-refractivity contribution is 6.42. The van der Waals surface area contributed by atoms with Gasteiger partial charge in [-0.2, -0.15) is 0 Å². The molecule has 6 heteroatoms. The second-order valence-electron chi connectivity index (χ2n) is 6.10. The van der Waals surface area contributed by atoms with Gasteiger partial charge in [0.2, 0.25) is 0 Å². The summed E-state index contributed by atoms with van der Waals surface area (Å²) in [6.07, 6.45) is 0. The Balaban J connectivity index is 1.62. The Bertz CT molecular complexity index is 904. The summed E-state index contributed by atoms with van der Waals surface area (Å²) >= 11 is 12.0. The molecule has 0 atom stereocenters. The van der Waals surface area contributed by atoms with E-state index in [1.165, 1.54) is 0 Å². The fourth-order valence-electron chi connectivity index (χ4n) is 2.61. The van der Waals surface area contributed by atoms with E-state index < -0.39 is 0 Å². The molecule has 0 saturated carbocycles. The molecular formula is C22H22Cl2N2O2. The van der Waals surface area contributed by atoms with Crippen molar-refractivity contribution < 1.29 is 9.47 Å². The molecule has 3 aromatic rings. The van der Waals surface area contributed by atoms with Gasteiger partial charge in [0, 0.05) is 12.2 Å². The Morgan fingerprint density at radius 3 is 2.32 bits per heavy atom. The quantitative estimate of drug-likeness (QED) is 0.414. The Labute approximate surface area is 175 Å². The van der Waals surface area contributed by atoms with Gasteiger partial charge in [0.25, 0.3) is 0 Å². The maximum Gasteiger partial charge on any atom is 0.161 e. The second-order valence-corrected chi connectivity index (χ2v) is 6.91. The number of para-hydroxylation sites is 1. The van der Waals surface area contributed by atoms with E-state index >= 15 is 0 Å². The lowest BCUT2D eigenvalue weighted by molar-refractivity contribution is 0.269. The van der Waals surface area contributed by atoms with Crippen molar-refractivity contribution in [1.82, 2.24) is 5.43 Å². The van der Waals surface area contributed by atoms with E-state index in [-0.39, 0.29) is 0 Å². The van der Waals surface area contributed by atoms with Gasteiger partial charge in [-0.1, -0.05) is 53.5 Å². The smallest absolute Gasteiger partial charge is 0.161 e. The fourth-order valence-corrected chi connectivity index (χ4v) is 2.93. The summed E-state index contributed by atoms with van der Waals surface area (Å²) in [7, 11) is 0. The van der Waals surface area contributed by atoms with Gasteiger partial charge in [-0.15, -0.1) is 0 Å². The summed E-state index contributed by atoms with van der Waals surface area (Å²) in [5.74, 6) is 1.40. The van der Waals surface area contributed by atoms with Crippen LogP contribution in [0.5, 0.6) is 11.5 Å². The van der Waals surface area contributed by atoms with E-state index in [2.05, 4.69) is 10.9 Å². The maximum atomic E-state index is 6.07. The van der Waals surface area contributed by atoms with Gasteiger partial charge in [-0.05, 0) is 54.4 Å². The maximum absolute atomic E-state index is 6.07. The van der Waals surface area contributed by atoms with Crippen LogP contribution in [0.15, 0.2) is 66.7 Å². The van der Waals surface area contributed by atoms with Crippen molar-refractivity contribution >= 4 is 28.9 Å². The normalized spacial score (nSPS) is 10.5. The van der Waals surface area contributed by atoms with Gasteiger partial charge in [0.05, 0.1) is 16.7 Å². The number of hydrogen-bond acceptors (Lipinski definition) is 4. The van der Waals surface area contributed by atoms with Crippen LogP contribution in [0.25, 0.3) is 0 Å². The highest BCUT2D eigenvalue weighted by Gasteiger charge is 2.08. The number of hydrogen-bond donors (Lipinski definition) is 2. The summed E-state index contributed by atoms with van der Waals surface area (Å²) in [5.41, 5.74) is 9.40. The molecule has 146 valence electrons. The molecule has 28 heavy (non-hydrogen) atoms. The topological polar surface area (TPSA) is 42.5 Å². The minimum atomic E-state index is 0.379. The van der Waals surface area contributed by atoms with E-state index in [4.69, 9.17) is 32.7 Å². The Hall–Kier alpha value is -2.40. The van der Waals surface area contributed by atoms with Crippen LogP contribution in [-0.2, 0) is 13.2 Å². The summed E-state index contributed by atoms with van der Waals surface area (Å²) in [6.45, 7) is 3.53. The average molecular weight is 417 g/mol. The third-order valence-corrected chi connectivity index (χ3v) is 4.72. The van der Waals surface area contributed by atoms with Crippen molar-refractivity contribution in [2.24, 2.45) is 0 Å². The van der Waals surface area contributed by atoms with Crippen molar-refractivity contribution in [1.29, 1.82) is 0 Å². The zero-order valence-electron chi connectivity index (χ0n) is 15.5. The summed E-state index contributed by atoms with van der Waals surface area (Å²) in [5, 5.41) is 1.04. The first-order chi connectivity index (χ1) is 13.7. The van der Waals surface area contributed by atoms with Crippen molar-refractivity contribution in [3.05, 3.63) is 87.9 Å². The first-order valence-electron chi connectivity index (χ1n) is 9.02. The van der Waals surface area contributed by atoms with Crippen LogP contribution in [0.2, 0.25) is 10.0 Å². The summed E-state index contributed by atoms with van der Waals surface area (Å²) < 4.78 is 11.7. The van der Waals surface area contributed by atoms with Crippen molar-refractivity contribution in [3.63, 3.8) is 0 Å². The monoisotopic (exact) mass is 416 g/mol. The van der Waals surface area contributed by atoms with Crippen LogP contribution in [0.1, 0.15) is 18.1 Å². The molecule has 0 aliphatic heterocycles. The Kier molecular flexibility index (Phi) is 7.43. The first kappa shape index (κ1) is 20.3. The van der Waals surface area contributed by atoms with Gasteiger partial charge in [-0.3, -0.25) is 0 Å². The van der Waals surface area contributed by atoms with E-state index in [0.717, 1.165) is 16.8 Å². The highest BCUT2D eigenvalue weighted by atomic mass is 35.5. The van der Waals surface area contributed by atoms with Crippen molar-refractivity contribution in [2.45, 2.75) is 20.1 Å². The standard InChI is InChI=1S/C22H22Cl2N2O2/c1-2-27-22-13-16(14-25-26-18-6-4-3-5-7-18)9-11-21(22)28-15-17-8-10-19(23)20(24)12-17/h3-13,25-26H,2,14-15H2,1H3. The molecule has 0 aliphatic rings. The van der Waals surface area contributed by atoms with Crippen molar-refractivity contribution in [2.75, 3.05) is 12.0 Å². The van der Waals surface area contributed by atoms with Gasteiger partial charge in [0.1, 0.15) is 6.61 Å². The van der Waals surface area contributed by atoms with Crippen LogP contribution in [0, 0.1) is 0 Å². The minimum Gasteiger partial charge on any atom is -0.490 e. The van der Waals surface area contributed by atoms with E-state index in [0.29, 0.717) is 41.3 Å². The lowest BCUT2D eigenvalue weighted by atomic mass is 10.2. The van der Waals surface area contributed by atoms with Crippen LogP contribution in [-0.4, -0.2) is 6.61 Å². The summed E-state index contributed by atoms with van der Waals surface area (Å²) in [6, 6.07) is 21.3. The molecule has 0 fully saturated rings. The predicted octanol–water partition coefficient (Wildman–Crippen LogP) is 6.09. The minimum absolute atomic E-state index is 0.379. The van der Waals surface area contributed by atoms with Gasteiger partial charge in [-0.25, -0.2) is 5.43 Å².